The Kier molecular flexibility index (Phi) is 8.18. The fourth-order valence-corrected chi connectivity index (χ4v) is 6.74. The molecule has 0 bridgehead atoms. The quantitative estimate of drug-likeness (QED) is 0.170. The molecule has 0 unspecified atom stereocenters. The van der Waals surface area contributed by atoms with E-state index in [4.69, 9.17) is 20.9 Å². The van der Waals surface area contributed by atoms with Crippen LogP contribution >= 0.6 is 0 Å². The van der Waals surface area contributed by atoms with Crippen molar-refractivity contribution in [3.05, 3.63) is 157 Å². The van der Waals surface area contributed by atoms with E-state index in [9.17, 15) is 0 Å². The van der Waals surface area contributed by atoms with E-state index in [1.54, 1.807) is 0 Å². The van der Waals surface area contributed by atoms with E-state index in [-0.39, 0.29) is 5.41 Å². The third-order valence-corrected chi connectivity index (χ3v) is 9.16. The largest absolute Gasteiger partial charge is 0.457 e. The molecule has 0 aliphatic heterocycles. The van der Waals surface area contributed by atoms with E-state index in [2.05, 4.69) is 97.1 Å². The van der Waals surface area contributed by atoms with Crippen LogP contribution in [-0.2, 0) is 5.41 Å². The first kappa shape index (κ1) is 29.2. The van der Waals surface area contributed by atoms with Gasteiger partial charge in [0.2, 0.25) is 0 Å². The Balaban J connectivity index is 1.35. The van der Waals surface area contributed by atoms with Crippen LogP contribution in [0.1, 0.15) is 43.2 Å². The van der Waals surface area contributed by atoms with Gasteiger partial charge in [-0.1, -0.05) is 92.1 Å². The zero-order chi connectivity index (χ0) is 31.3. The Morgan fingerprint density at radius 2 is 0.848 bits per heavy atom. The molecular weight excluding hydrogens is 564 g/mol. The number of rotatable bonds is 8. The summed E-state index contributed by atoms with van der Waals surface area (Å²) in [5, 5.41) is 0. The molecule has 6 aromatic carbocycles. The highest BCUT2D eigenvalue weighted by atomic mass is 16.5. The van der Waals surface area contributed by atoms with Crippen molar-refractivity contribution >= 4 is 11.4 Å². The molecule has 0 amide bonds. The highest BCUT2D eigenvalue weighted by Crippen LogP contribution is 2.49. The molecule has 1 saturated carbocycles. The van der Waals surface area contributed by atoms with Crippen LogP contribution in [0.5, 0.6) is 23.0 Å². The Morgan fingerprint density at radius 1 is 0.435 bits per heavy atom. The molecule has 4 nitrogen and oxygen atoms in total. The molecule has 4 heteroatoms. The van der Waals surface area contributed by atoms with E-state index in [1.165, 1.54) is 30.4 Å². The topological polar surface area (TPSA) is 70.5 Å². The van der Waals surface area contributed by atoms with E-state index in [1.807, 2.05) is 48.5 Å². The predicted molar refractivity (Wildman–Crippen MR) is 189 cm³/mol. The number of nitrogens with two attached hydrogens (primary N) is 2. The summed E-state index contributed by atoms with van der Waals surface area (Å²) in [6, 6.07) is 49.7. The van der Waals surface area contributed by atoms with Gasteiger partial charge in [-0.05, 0) is 108 Å². The van der Waals surface area contributed by atoms with Crippen LogP contribution in [0.15, 0.2) is 146 Å². The first-order chi connectivity index (χ1) is 22.6. The van der Waals surface area contributed by atoms with Gasteiger partial charge in [0.15, 0.2) is 0 Å². The minimum Gasteiger partial charge on any atom is -0.457 e. The molecule has 0 aromatic heterocycles. The molecule has 0 saturated heterocycles. The highest BCUT2D eigenvalue weighted by molar-refractivity contribution is 5.75. The summed E-state index contributed by atoms with van der Waals surface area (Å²) in [4.78, 5) is 0. The molecular formula is C42H38N2O2. The number of hydrogen-bond donors (Lipinski definition) is 2. The highest BCUT2D eigenvalue weighted by Gasteiger charge is 2.37. The molecule has 1 aliphatic carbocycles. The zero-order valence-corrected chi connectivity index (χ0v) is 25.9. The van der Waals surface area contributed by atoms with E-state index in [0.29, 0.717) is 11.4 Å². The van der Waals surface area contributed by atoms with Gasteiger partial charge in [-0.2, -0.15) is 0 Å². The molecule has 7 rings (SSSR count). The minimum atomic E-state index is -0.148. The molecule has 6 aromatic rings. The fourth-order valence-electron chi connectivity index (χ4n) is 6.74. The van der Waals surface area contributed by atoms with Crippen LogP contribution in [0.2, 0.25) is 0 Å². The Bertz CT molecular complexity index is 1780. The molecule has 1 fully saturated rings. The molecule has 4 N–H and O–H groups in total. The predicted octanol–water partition coefficient (Wildman–Crippen LogP) is 11.0. The van der Waals surface area contributed by atoms with Gasteiger partial charge in [0.1, 0.15) is 23.0 Å². The van der Waals surface area contributed by atoms with Crippen molar-refractivity contribution in [3.8, 4) is 45.3 Å². The maximum atomic E-state index is 6.48. The van der Waals surface area contributed by atoms with Gasteiger partial charge < -0.3 is 20.9 Å². The number of benzene rings is 6. The van der Waals surface area contributed by atoms with E-state index >= 15 is 0 Å². The maximum absolute atomic E-state index is 6.48. The molecule has 1 aliphatic rings. The zero-order valence-electron chi connectivity index (χ0n) is 25.9. The van der Waals surface area contributed by atoms with Gasteiger partial charge in [0.25, 0.3) is 0 Å². The third-order valence-electron chi connectivity index (χ3n) is 9.16. The Hall–Kier alpha value is -5.48. The molecule has 0 heterocycles. The lowest BCUT2D eigenvalue weighted by atomic mass is 9.64. The van der Waals surface area contributed by atoms with Crippen LogP contribution in [0.4, 0.5) is 11.4 Å². The summed E-state index contributed by atoms with van der Waals surface area (Å²) >= 11 is 0. The summed E-state index contributed by atoms with van der Waals surface area (Å²) in [6.07, 6.45) is 5.75. The van der Waals surface area contributed by atoms with E-state index < -0.39 is 0 Å². The number of nitrogen functional groups attached to an aromatic ring is 2. The molecule has 0 spiro atoms. The minimum absolute atomic E-state index is 0.148. The fraction of sp³-hybridized carbons (Fsp3) is 0.143. The monoisotopic (exact) mass is 602 g/mol. The SMILES string of the molecule is Nc1ccc(Oc2ccc(C3(c4ccc(Oc5ccc(N)cc5)c(-c5ccccc5)c4)CCCCC3)cc2-c2ccccc2)cc1. The average molecular weight is 603 g/mol. The summed E-state index contributed by atoms with van der Waals surface area (Å²) in [7, 11) is 0. The van der Waals surface area contributed by atoms with Crippen molar-refractivity contribution < 1.29 is 9.47 Å². The van der Waals surface area contributed by atoms with Gasteiger partial charge in [-0.3, -0.25) is 0 Å². The summed E-state index contributed by atoms with van der Waals surface area (Å²) < 4.78 is 13.0. The second kappa shape index (κ2) is 12.9. The number of ether oxygens (including phenoxy) is 2. The van der Waals surface area contributed by atoms with Crippen molar-refractivity contribution in [2.75, 3.05) is 11.5 Å². The van der Waals surface area contributed by atoms with Crippen LogP contribution in [0.3, 0.4) is 0 Å². The second-order valence-electron chi connectivity index (χ2n) is 12.1. The summed E-state index contributed by atoms with van der Waals surface area (Å²) in [5.74, 6) is 3.16. The second-order valence-corrected chi connectivity index (χ2v) is 12.1. The van der Waals surface area contributed by atoms with Crippen molar-refractivity contribution in [3.63, 3.8) is 0 Å². The first-order valence-electron chi connectivity index (χ1n) is 16.0. The van der Waals surface area contributed by atoms with Crippen molar-refractivity contribution in [1.82, 2.24) is 0 Å². The first-order valence-corrected chi connectivity index (χ1v) is 16.0. The molecule has 0 radical (unpaired) electrons. The van der Waals surface area contributed by atoms with Crippen LogP contribution in [-0.4, -0.2) is 0 Å². The van der Waals surface area contributed by atoms with Crippen molar-refractivity contribution in [2.45, 2.75) is 37.5 Å². The van der Waals surface area contributed by atoms with E-state index in [0.717, 1.165) is 58.1 Å². The van der Waals surface area contributed by atoms with Crippen LogP contribution in [0, 0.1) is 0 Å². The standard InChI is InChI=1S/C42H38N2O2/c43-34-16-20-36(21-17-34)45-40-24-14-32(28-38(40)30-10-4-1-5-11-30)42(26-8-3-9-27-42)33-15-25-41(46-37-22-18-35(44)19-23-37)39(29-33)31-12-6-2-7-13-31/h1-2,4-7,10-25,28-29H,3,8-9,26-27,43-44H2. The maximum Gasteiger partial charge on any atom is 0.135 e. The number of hydrogen-bond acceptors (Lipinski definition) is 4. The van der Waals surface area contributed by atoms with Gasteiger partial charge in [0, 0.05) is 27.9 Å². The number of anilines is 2. The Morgan fingerprint density at radius 3 is 1.26 bits per heavy atom. The lowest BCUT2D eigenvalue weighted by Crippen LogP contribution is -2.30. The van der Waals surface area contributed by atoms with Crippen molar-refractivity contribution in [1.29, 1.82) is 0 Å². The van der Waals surface area contributed by atoms with Crippen LogP contribution in [0.25, 0.3) is 22.3 Å². The van der Waals surface area contributed by atoms with Gasteiger partial charge in [0.05, 0.1) is 0 Å². The summed E-state index contributed by atoms with van der Waals surface area (Å²) in [5.41, 5.74) is 20.2. The van der Waals surface area contributed by atoms with Gasteiger partial charge >= 0.3 is 0 Å². The normalized spacial score (nSPS) is 14.0. The molecule has 46 heavy (non-hydrogen) atoms. The third kappa shape index (κ3) is 6.07. The van der Waals surface area contributed by atoms with Crippen LogP contribution < -0.4 is 20.9 Å². The lowest BCUT2D eigenvalue weighted by Gasteiger charge is -2.39. The van der Waals surface area contributed by atoms with Gasteiger partial charge in [-0.15, -0.1) is 0 Å². The molecule has 228 valence electrons. The average Bonchev–Trinajstić information content (AvgIpc) is 3.11. The molecule has 0 atom stereocenters. The summed E-state index contributed by atoms with van der Waals surface area (Å²) in [6.45, 7) is 0. The smallest absolute Gasteiger partial charge is 0.135 e. The Labute approximate surface area is 271 Å². The van der Waals surface area contributed by atoms with Gasteiger partial charge in [-0.25, -0.2) is 0 Å². The van der Waals surface area contributed by atoms with Crippen molar-refractivity contribution in [2.24, 2.45) is 0 Å². The lowest BCUT2D eigenvalue weighted by molar-refractivity contribution is 0.345.